The minimum absolute atomic E-state index is 0.448. The molecule has 3 nitrogen and oxygen atoms in total. The zero-order valence-corrected chi connectivity index (χ0v) is 6.93. The second-order valence-electron chi connectivity index (χ2n) is 2.84. The molecule has 2 aromatic heterocycles. The maximum Gasteiger partial charge on any atom is 0.264 e. The molecule has 0 saturated heterocycles. The van der Waals surface area contributed by atoms with Gasteiger partial charge in [0.2, 0.25) is 11.8 Å². The standard InChI is InChI=1S/C8H8FN3/c1-5-3-10-8(9)6-7(5)12(2)4-11-6/h3-4H,1-2H3/p+1. The number of nitrogens with one attached hydrogen (secondary N) is 1. The molecule has 2 heterocycles. The molecule has 0 unspecified atom stereocenters. The summed E-state index contributed by atoms with van der Waals surface area (Å²) in [7, 11) is 1.87. The Morgan fingerprint density at radius 1 is 1.58 bits per heavy atom. The van der Waals surface area contributed by atoms with E-state index in [2.05, 4.69) is 9.97 Å². The number of aromatic amines is 1. The molecule has 2 aromatic rings. The highest BCUT2D eigenvalue weighted by molar-refractivity contribution is 5.73. The predicted molar refractivity (Wildman–Crippen MR) is 42.0 cm³/mol. The van der Waals surface area contributed by atoms with Gasteiger partial charge in [-0.3, -0.25) is 0 Å². The lowest BCUT2D eigenvalue weighted by atomic mass is 10.3. The molecule has 0 saturated carbocycles. The number of hydrogen-bond donors (Lipinski definition) is 1. The van der Waals surface area contributed by atoms with Gasteiger partial charge < -0.3 is 0 Å². The Bertz CT molecular complexity index is 433. The fraction of sp³-hybridized carbons (Fsp3) is 0.250. The van der Waals surface area contributed by atoms with Crippen LogP contribution in [0.5, 0.6) is 0 Å². The molecule has 0 aliphatic heterocycles. The summed E-state index contributed by atoms with van der Waals surface area (Å²) >= 11 is 0. The summed E-state index contributed by atoms with van der Waals surface area (Å²) in [4.78, 5) is 6.43. The van der Waals surface area contributed by atoms with Crippen LogP contribution in [0.4, 0.5) is 4.39 Å². The molecule has 0 atom stereocenters. The first-order chi connectivity index (χ1) is 5.70. The number of fused-ring (bicyclic) bond motifs is 1. The third kappa shape index (κ3) is 0.809. The summed E-state index contributed by atoms with van der Waals surface area (Å²) in [6.45, 7) is 1.91. The second kappa shape index (κ2) is 2.27. The van der Waals surface area contributed by atoms with E-state index in [4.69, 9.17) is 0 Å². The molecular weight excluding hydrogens is 157 g/mol. The first-order valence-corrected chi connectivity index (χ1v) is 3.68. The Morgan fingerprint density at radius 2 is 2.33 bits per heavy atom. The largest absolute Gasteiger partial charge is 0.264 e. The zero-order valence-electron chi connectivity index (χ0n) is 6.93. The molecule has 0 spiro atoms. The smallest absolute Gasteiger partial charge is 0.240 e. The fourth-order valence-electron chi connectivity index (χ4n) is 1.38. The van der Waals surface area contributed by atoms with Gasteiger partial charge in [-0.15, -0.1) is 0 Å². The molecule has 0 amide bonds. The van der Waals surface area contributed by atoms with E-state index in [1.54, 1.807) is 6.33 Å². The second-order valence-corrected chi connectivity index (χ2v) is 2.84. The monoisotopic (exact) mass is 166 g/mol. The van der Waals surface area contributed by atoms with E-state index in [1.165, 1.54) is 6.20 Å². The van der Waals surface area contributed by atoms with Crippen LogP contribution in [0.1, 0.15) is 5.56 Å². The summed E-state index contributed by atoms with van der Waals surface area (Å²) in [6, 6.07) is 0. The van der Waals surface area contributed by atoms with Crippen LogP contribution in [0.3, 0.4) is 0 Å². The van der Waals surface area contributed by atoms with Crippen LogP contribution in [0.25, 0.3) is 11.0 Å². The maximum atomic E-state index is 13.0. The van der Waals surface area contributed by atoms with Gasteiger partial charge >= 0.3 is 0 Å². The third-order valence-corrected chi connectivity index (χ3v) is 1.94. The van der Waals surface area contributed by atoms with E-state index in [0.29, 0.717) is 5.52 Å². The fourth-order valence-corrected chi connectivity index (χ4v) is 1.38. The normalized spacial score (nSPS) is 10.9. The number of rotatable bonds is 0. The van der Waals surface area contributed by atoms with Crippen molar-refractivity contribution in [2.45, 2.75) is 6.92 Å². The number of halogens is 1. The molecule has 62 valence electrons. The van der Waals surface area contributed by atoms with Gasteiger partial charge in [0.25, 0.3) is 5.95 Å². The first-order valence-electron chi connectivity index (χ1n) is 3.68. The summed E-state index contributed by atoms with van der Waals surface area (Å²) in [5.74, 6) is -0.448. The predicted octanol–water partition coefficient (Wildman–Crippen LogP) is 0.835. The molecule has 0 aromatic carbocycles. The summed E-state index contributed by atoms with van der Waals surface area (Å²) in [5, 5.41) is 0. The summed E-state index contributed by atoms with van der Waals surface area (Å²) in [5.41, 5.74) is 2.30. The molecule has 0 fully saturated rings. The van der Waals surface area contributed by atoms with Gasteiger partial charge in [0.1, 0.15) is 0 Å². The highest BCUT2D eigenvalue weighted by Crippen LogP contribution is 2.12. The van der Waals surface area contributed by atoms with Crippen LogP contribution in [-0.2, 0) is 7.05 Å². The van der Waals surface area contributed by atoms with Gasteiger partial charge in [-0.1, -0.05) is 0 Å². The molecule has 4 heteroatoms. The van der Waals surface area contributed by atoms with E-state index < -0.39 is 5.95 Å². The minimum Gasteiger partial charge on any atom is -0.240 e. The number of pyridine rings is 1. The molecule has 1 N–H and O–H groups in total. The van der Waals surface area contributed by atoms with Gasteiger partial charge in [0.05, 0.1) is 7.05 Å². The van der Waals surface area contributed by atoms with E-state index in [1.807, 2.05) is 18.5 Å². The van der Waals surface area contributed by atoms with Crippen molar-refractivity contribution in [1.82, 2.24) is 9.97 Å². The quantitative estimate of drug-likeness (QED) is 0.456. The van der Waals surface area contributed by atoms with Crippen LogP contribution >= 0.6 is 0 Å². The number of aromatic nitrogens is 3. The van der Waals surface area contributed by atoms with Gasteiger partial charge in [-0.2, -0.15) is 4.39 Å². The van der Waals surface area contributed by atoms with Crippen molar-refractivity contribution < 1.29 is 8.96 Å². The first kappa shape index (κ1) is 7.21. The van der Waals surface area contributed by atoms with Crippen LogP contribution in [0, 0.1) is 12.9 Å². The molecule has 0 bridgehead atoms. The number of H-pyrrole nitrogens is 1. The zero-order chi connectivity index (χ0) is 8.72. The van der Waals surface area contributed by atoms with Gasteiger partial charge in [0, 0.05) is 11.8 Å². The Morgan fingerprint density at radius 3 is 3.00 bits per heavy atom. The topological polar surface area (TPSA) is 32.6 Å². The minimum atomic E-state index is -0.448. The lowest BCUT2D eigenvalue weighted by molar-refractivity contribution is -0.644. The highest BCUT2D eigenvalue weighted by Gasteiger charge is 2.14. The van der Waals surface area contributed by atoms with Crippen molar-refractivity contribution in [3.05, 3.63) is 24.0 Å². The Hall–Kier alpha value is -1.45. The van der Waals surface area contributed by atoms with E-state index in [-0.39, 0.29) is 0 Å². The number of hydrogen-bond acceptors (Lipinski definition) is 1. The number of aryl methyl sites for hydroxylation is 2. The SMILES string of the molecule is Cc1cnc(F)c2[nH]c[n+](C)c12. The lowest BCUT2D eigenvalue weighted by Crippen LogP contribution is -2.25. The van der Waals surface area contributed by atoms with Crippen molar-refractivity contribution in [1.29, 1.82) is 0 Å². The molecular formula is C8H9FN3+. The Labute approximate surface area is 68.9 Å². The van der Waals surface area contributed by atoms with Crippen LogP contribution in [0.15, 0.2) is 12.5 Å². The van der Waals surface area contributed by atoms with Gasteiger partial charge in [-0.05, 0) is 6.92 Å². The van der Waals surface area contributed by atoms with Crippen molar-refractivity contribution in [3.8, 4) is 0 Å². The molecule has 0 radical (unpaired) electrons. The summed E-state index contributed by atoms with van der Waals surface area (Å²) in [6.07, 6.45) is 3.24. The molecule has 2 rings (SSSR count). The third-order valence-electron chi connectivity index (χ3n) is 1.94. The van der Waals surface area contributed by atoms with E-state index >= 15 is 0 Å². The number of nitrogens with zero attached hydrogens (tertiary/aromatic N) is 2. The van der Waals surface area contributed by atoms with Crippen LogP contribution in [0.2, 0.25) is 0 Å². The van der Waals surface area contributed by atoms with E-state index in [0.717, 1.165) is 11.1 Å². The van der Waals surface area contributed by atoms with Crippen molar-refractivity contribution in [2.24, 2.45) is 7.05 Å². The molecule has 0 aliphatic carbocycles. The average Bonchev–Trinajstić information content (AvgIpc) is 2.42. The van der Waals surface area contributed by atoms with Crippen molar-refractivity contribution in [2.75, 3.05) is 0 Å². The van der Waals surface area contributed by atoms with Crippen molar-refractivity contribution >= 4 is 11.0 Å². The Balaban J connectivity index is 2.98. The van der Waals surface area contributed by atoms with Crippen LogP contribution in [-0.4, -0.2) is 9.97 Å². The van der Waals surface area contributed by atoms with Gasteiger partial charge in [0.15, 0.2) is 5.52 Å². The molecule has 12 heavy (non-hydrogen) atoms. The Kier molecular flexibility index (Phi) is 1.36. The maximum absolute atomic E-state index is 13.0. The van der Waals surface area contributed by atoms with Crippen molar-refractivity contribution in [3.63, 3.8) is 0 Å². The van der Waals surface area contributed by atoms with Crippen LogP contribution < -0.4 is 4.57 Å². The average molecular weight is 166 g/mol. The number of imidazole rings is 1. The van der Waals surface area contributed by atoms with Gasteiger partial charge in [-0.25, -0.2) is 14.5 Å². The summed E-state index contributed by atoms with van der Waals surface area (Å²) < 4.78 is 14.9. The molecule has 0 aliphatic rings. The van der Waals surface area contributed by atoms with E-state index in [9.17, 15) is 4.39 Å². The highest BCUT2D eigenvalue weighted by atomic mass is 19.1. The lowest BCUT2D eigenvalue weighted by Gasteiger charge is -1.92.